The number of imidazole rings is 1. The summed E-state index contributed by atoms with van der Waals surface area (Å²) in [5.74, 6) is -0.0424. The van der Waals surface area contributed by atoms with Gasteiger partial charge in [0.2, 0.25) is 0 Å². The van der Waals surface area contributed by atoms with Crippen molar-refractivity contribution in [1.82, 2.24) is 14.5 Å². The molecule has 0 radical (unpaired) electrons. The van der Waals surface area contributed by atoms with Gasteiger partial charge in [0.1, 0.15) is 5.52 Å². The van der Waals surface area contributed by atoms with Crippen molar-refractivity contribution in [2.24, 2.45) is 7.05 Å². The average molecular weight is 201 g/mol. The zero-order valence-electron chi connectivity index (χ0n) is 8.64. The first-order valence-electron chi connectivity index (χ1n) is 4.66. The number of pyridine rings is 1. The van der Waals surface area contributed by atoms with Gasteiger partial charge in [0.25, 0.3) is 0 Å². The van der Waals surface area contributed by atoms with Gasteiger partial charge in [0.15, 0.2) is 5.78 Å². The Morgan fingerprint density at radius 1 is 1.47 bits per heavy atom. The number of allylic oxidation sites excluding steroid dienone is 2. The lowest BCUT2D eigenvalue weighted by atomic mass is 10.1. The summed E-state index contributed by atoms with van der Waals surface area (Å²) >= 11 is 0. The molecule has 2 heterocycles. The Bertz CT molecular complexity index is 540. The number of aromatic nitrogens is 3. The molecule has 0 bridgehead atoms. The Morgan fingerprint density at radius 2 is 2.27 bits per heavy atom. The summed E-state index contributed by atoms with van der Waals surface area (Å²) in [4.78, 5) is 19.9. The highest BCUT2D eigenvalue weighted by Gasteiger charge is 2.10. The monoisotopic (exact) mass is 201 g/mol. The van der Waals surface area contributed by atoms with Gasteiger partial charge in [0.05, 0.1) is 23.6 Å². The van der Waals surface area contributed by atoms with Crippen LogP contribution in [0.1, 0.15) is 17.3 Å². The van der Waals surface area contributed by atoms with E-state index in [0.717, 1.165) is 11.0 Å². The number of nitrogens with zero attached hydrogens (tertiary/aromatic N) is 3. The van der Waals surface area contributed by atoms with E-state index in [0.29, 0.717) is 5.56 Å². The van der Waals surface area contributed by atoms with Crippen LogP contribution in [0.2, 0.25) is 0 Å². The third kappa shape index (κ3) is 1.54. The lowest BCUT2D eigenvalue weighted by Crippen LogP contribution is -1.99. The first-order valence-corrected chi connectivity index (χ1v) is 4.66. The summed E-state index contributed by atoms with van der Waals surface area (Å²) in [6, 6.07) is 0. The molecule has 0 aliphatic rings. The summed E-state index contributed by atoms with van der Waals surface area (Å²) in [5, 5.41) is 0. The molecule has 0 aliphatic carbocycles. The molecule has 0 N–H and O–H groups in total. The highest BCUT2D eigenvalue weighted by Crippen LogP contribution is 2.16. The fourth-order valence-electron chi connectivity index (χ4n) is 1.54. The molecule has 0 atom stereocenters. The van der Waals surface area contributed by atoms with E-state index in [1.165, 1.54) is 6.08 Å². The van der Waals surface area contributed by atoms with E-state index in [1.807, 2.05) is 18.5 Å². The number of carbonyl (C=O) groups excluding carboxylic acids is 1. The number of ketones is 1. The Balaban J connectivity index is 2.69. The maximum atomic E-state index is 11.7. The van der Waals surface area contributed by atoms with E-state index < -0.39 is 0 Å². The zero-order chi connectivity index (χ0) is 10.8. The number of hydrogen-bond acceptors (Lipinski definition) is 3. The zero-order valence-corrected chi connectivity index (χ0v) is 8.64. The van der Waals surface area contributed by atoms with Gasteiger partial charge in [-0.2, -0.15) is 0 Å². The molecule has 0 saturated carbocycles. The fourth-order valence-corrected chi connectivity index (χ4v) is 1.54. The van der Waals surface area contributed by atoms with Gasteiger partial charge < -0.3 is 4.57 Å². The van der Waals surface area contributed by atoms with E-state index in [4.69, 9.17) is 0 Å². The molecule has 0 saturated heterocycles. The van der Waals surface area contributed by atoms with Crippen LogP contribution >= 0.6 is 0 Å². The van der Waals surface area contributed by atoms with Crippen molar-refractivity contribution in [2.75, 3.05) is 0 Å². The molecule has 15 heavy (non-hydrogen) atoms. The number of fused-ring (bicyclic) bond motifs is 1. The van der Waals surface area contributed by atoms with Crippen LogP contribution in [0.5, 0.6) is 0 Å². The molecule has 2 aromatic heterocycles. The van der Waals surface area contributed by atoms with Crippen LogP contribution in [-0.2, 0) is 7.05 Å². The molecule has 0 aliphatic heterocycles. The van der Waals surface area contributed by atoms with Crippen molar-refractivity contribution in [3.8, 4) is 0 Å². The van der Waals surface area contributed by atoms with Crippen LogP contribution in [0.25, 0.3) is 11.0 Å². The summed E-state index contributed by atoms with van der Waals surface area (Å²) in [5.41, 5.74) is 2.16. The number of hydrogen-bond donors (Lipinski definition) is 0. The molecule has 0 amide bonds. The second-order valence-corrected chi connectivity index (χ2v) is 3.27. The van der Waals surface area contributed by atoms with E-state index in [2.05, 4.69) is 9.97 Å². The van der Waals surface area contributed by atoms with Gasteiger partial charge in [-0.3, -0.25) is 9.78 Å². The topological polar surface area (TPSA) is 47.8 Å². The third-order valence-corrected chi connectivity index (χ3v) is 2.20. The van der Waals surface area contributed by atoms with Gasteiger partial charge >= 0.3 is 0 Å². The molecular weight excluding hydrogens is 190 g/mol. The largest absolute Gasteiger partial charge is 0.333 e. The smallest absolute Gasteiger partial charge is 0.189 e. The standard InChI is InChI=1S/C11H11N3O/c1-3-4-10(15)8-5-12-6-9-11(8)14(2)7-13-9/h3-7H,1-2H3/b4-3+. The first-order chi connectivity index (χ1) is 7.24. The van der Waals surface area contributed by atoms with Crippen LogP contribution in [-0.4, -0.2) is 20.3 Å². The van der Waals surface area contributed by atoms with Gasteiger partial charge in [0, 0.05) is 13.2 Å². The van der Waals surface area contributed by atoms with Crippen molar-refractivity contribution in [3.63, 3.8) is 0 Å². The van der Waals surface area contributed by atoms with Gasteiger partial charge in [-0.05, 0) is 13.0 Å². The predicted octanol–water partition coefficient (Wildman–Crippen LogP) is 1.73. The average Bonchev–Trinajstić information content (AvgIpc) is 2.61. The summed E-state index contributed by atoms with van der Waals surface area (Å²) in [6.07, 6.45) is 8.16. The minimum Gasteiger partial charge on any atom is -0.333 e. The predicted molar refractivity (Wildman–Crippen MR) is 57.7 cm³/mol. The molecule has 0 spiro atoms. The third-order valence-electron chi connectivity index (χ3n) is 2.20. The molecule has 0 fully saturated rings. The van der Waals surface area contributed by atoms with E-state index in [1.54, 1.807) is 24.8 Å². The summed E-state index contributed by atoms with van der Waals surface area (Å²) in [7, 11) is 1.86. The van der Waals surface area contributed by atoms with Crippen molar-refractivity contribution < 1.29 is 4.79 Å². The van der Waals surface area contributed by atoms with Crippen molar-refractivity contribution in [1.29, 1.82) is 0 Å². The van der Waals surface area contributed by atoms with Crippen LogP contribution in [0, 0.1) is 0 Å². The normalized spacial score (nSPS) is 11.3. The lowest BCUT2D eigenvalue weighted by Gasteiger charge is -2.00. The minimum absolute atomic E-state index is 0.0424. The molecule has 0 aromatic carbocycles. The number of carbonyl (C=O) groups is 1. The molecule has 0 unspecified atom stereocenters. The highest BCUT2D eigenvalue weighted by molar-refractivity contribution is 6.11. The van der Waals surface area contributed by atoms with Crippen molar-refractivity contribution >= 4 is 16.8 Å². The Kier molecular flexibility index (Phi) is 2.33. The molecule has 4 nitrogen and oxygen atoms in total. The Hall–Kier alpha value is -1.97. The highest BCUT2D eigenvalue weighted by atomic mass is 16.1. The van der Waals surface area contributed by atoms with Crippen molar-refractivity contribution in [2.45, 2.75) is 6.92 Å². The minimum atomic E-state index is -0.0424. The molecule has 2 aromatic rings. The SMILES string of the molecule is C/C=C/C(=O)c1cncc2ncn(C)c12. The summed E-state index contributed by atoms with van der Waals surface area (Å²) in [6.45, 7) is 1.81. The van der Waals surface area contributed by atoms with Crippen LogP contribution in [0.4, 0.5) is 0 Å². The van der Waals surface area contributed by atoms with Crippen molar-refractivity contribution in [3.05, 3.63) is 36.4 Å². The second-order valence-electron chi connectivity index (χ2n) is 3.27. The van der Waals surface area contributed by atoms with E-state index in [-0.39, 0.29) is 5.78 Å². The first kappa shape index (κ1) is 9.58. The van der Waals surface area contributed by atoms with Crippen LogP contribution in [0.3, 0.4) is 0 Å². The molecule has 76 valence electrons. The second kappa shape index (κ2) is 3.65. The molecular formula is C11H11N3O. The molecule has 4 heteroatoms. The molecule has 2 rings (SSSR count). The Morgan fingerprint density at radius 3 is 3.00 bits per heavy atom. The summed E-state index contributed by atoms with van der Waals surface area (Å²) < 4.78 is 1.83. The maximum Gasteiger partial charge on any atom is 0.189 e. The number of aryl methyl sites for hydroxylation is 1. The fraction of sp³-hybridized carbons (Fsp3) is 0.182. The maximum absolute atomic E-state index is 11.7. The van der Waals surface area contributed by atoms with Crippen LogP contribution < -0.4 is 0 Å². The Labute approximate surface area is 87.3 Å². The number of rotatable bonds is 2. The van der Waals surface area contributed by atoms with Gasteiger partial charge in [-0.15, -0.1) is 0 Å². The van der Waals surface area contributed by atoms with E-state index >= 15 is 0 Å². The quantitative estimate of drug-likeness (QED) is 0.549. The van der Waals surface area contributed by atoms with Gasteiger partial charge in [-0.1, -0.05) is 6.08 Å². The van der Waals surface area contributed by atoms with Crippen LogP contribution in [0.15, 0.2) is 30.9 Å². The van der Waals surface area contributed by atoms with Gasteiger partial charge in [-0.25, -0.2) is 4.98 Å². The van der Waals surface area contributed by atoms with E-state index in [9.17, 15) is 4.79 Å². The lowest BCUT2D eigenvalue weighted by molar-refractivity contribution is 0.104.